The molecule has 1 aliphatic heterocycles. The first-order valence-electron chi connectivity index (χ1n) is 8.19. The van der Waals surface area contributed by atoms with E-state index in [2.05, 4.69) is 0 Å². The Bertz CT molecular complexity index is 686. The SMILES string of the molecule is C[C@@H]1CN(c2cc(F)c(C#N)c(F)c2)[C@@H](C)CN1C(=O)OC(C)(C)C. The molecule has 0 aliphatic carbocycles. The molecule has 2 rings (SSSR count). The van der Waals surface area contributed by atoms with E-state index in [0.29, 0.717) is 18.8 Å². The number of piperazine rings is 1. The van der Waals surface area contributed by atoms with Crippen LogP contribution in [-0.4, -0.2) is 41.8 Å². The van der Waals surface area contributed by atoms with Crippen LogP contribution in [0.4, 0.5) is 19.3 Å². The second kappa shape index (κ2) is 6.87. The fourth-order valence-electron chi connectivity index (χ4n) is 2.89. The van der Waals surface area contributed by atoms with Crippen LogP contribution in [0.5, 0.6) is 0 Å². The molecule has 0 radical (unpaired) electrons. The predicted octanol–water partition coefficient (Wildman–Crippen LogP) is 3.67. The Labute approximate surface area is 146 Å². The average molecular weight is 351 g/mol. The quantitative estimate of drug-likeness (QED) is 0.775. The minimum absolute atomic E-state index is 0.157. The second-order valence-electron chi connectivity index (χ2n) is 7.38. The van der Waals surface area contributed by atoms with Crippen molar-refractivity contribution in [3.63, 3.8) is 0 Å². The molecule has 1 saturated heterocycles. The standard InChI is InChI=1S/C18H23F2N3O2/c1-11-10-23(17(24)25-18(3,4)5)12(2)9-22(11)13-6-15(19)14(8-21)16(20)7-13/h6-7,11-12H,9-10H2,1-5H3/t11-,12+/m0/s1. The lowest BCUT2D eigenvalue weighted by atomic mass is 10.1. The van der Waals surface area contributed by atoms with Gasteiger partial charge in [-0.3, -0.25) is 0 Å². The Balaban J connectivity index is 2.20. The first-order valence-corrected chi connectivity index (χ1v) is 8.19. The highest BCUT2D eigenvalue weighted by Gasteiger charge is 2.35. The van der Waals surface area contributed by atoms with E-state index < -0.39 is 28.9 Å². The summed E-state index contributed by atoms with van der Waals surface area (Å²) in [6.45, 7) is 9.92. The van der Waals surface area contributed by atoms with Gasteiger partial charge in [-0.2, -0.15) is 5.26 Å². The number of anilines is 1. The topological polar surface area (TPSA) is 56.6 Å². The summed E-state index contributed by atoms with van der Waals surface area (Å²) >= 11 is 0. The molecule has 1 aliphatic rings. The molecule has 0 N–H and O–H groups in total. The Hall–Kier alpha value is -2.36. The number of hydrogen-bond donors (Lipinski definition) is 0. The molecule has 0 bridgehead atoms. The van der Waals surface area contributed by atoms with Crippen LogP contribution in [0.1, 0.15) is 40.2 Å². The monoisotopic (exact) mass is 351 g/mol. The number of ether oxygens (including phenoxy) is 1. The van der Waals surface area contributed by atoms with Crippen LogP contribution in [0.15, 0.2) is 12.1 Å². The molecule has 0 saturated carbocycles. The van der Waals surface area contributed by atoms with Gasteiger partial charge in [0.25, 0.3) is 0 Å². The average Bonchev–Trinajstić information content (AvgIpc) is 2.47. The van der Waals surface area contributed by atoms with Gasteiger partial charge in [0.05, 0.1) is 0 Å². The van der Waals surface area contributed by atoms with E-state index in [1.807, 2.05) is 18.7 Å². The molecule has 1 fully saturated rings. The van der Waals surface area contributed by atoms with Crippen LogP contribution < -0.4 is 4.90 Å². The molecule has 1 amide bonds. The van der Waals surface area contributed by atoms with Crippen molar-refractivity contribution in [3.8, 4) is 6.07 Å². The van der Waals surface area contributed by atoms with Gasteiger partial charge in [-0.15, -0.1) is 0 Å². The number of amides is 1. The van der Waals surface area contributed by atoms with Crippen molar-refractivity contribution in [1.82, 2.24) is 4.90 Å². The summed E-state index contributed by atoms with van der Waals surface area (Å²) < 4.78 is 33.2. The van der Waals surface area contributed by atoms with Gasteiger partial charge in [0.1, 0.15) is 28.9 Å². The summed E-state index contributed by atoms with van der Waals surface area (Å²) in [5.41, 5.74) is -0.814. The van der Waals surface area contributed by atoms with E-state index in [1.54, 1.807) is 25.7 Å². The second-order valence-corrected chi connectivity index (χ2v) is 7.38. The Morgan fingerprint density at radius 1 is 1.20 bits per heavy atom. The van der Waals surface area contributed by atoms with Crippen LogP contribution in [-0.2, 0) is 4.74 Å². The molecular weight excluding hydrogens is 328 g/mol. The molecule has 2 atom stereocenters. The highest BCUT2D eigenvalue weighted by atomic mass is 19.1. The van der Waals surface area contributed by atoms with Crippen LogP contribution >= 0.6 is 0 Å². The lowest BCUT2D eigenvalue weighted by Crippen LogP contribution is -2.59. The van der Waals surface area contributed by atoms with Gasteiger partial charge in [-0.05, 0) is 46.8 Å². The van der Waals surface area contributed by atoms with Gasteiger partial charge in [0, 0.05) is 30.9 Å². The van der Waals surface area contributed by atoms with Gasteiger partial charge in [-0.25, -0.2) is 13.6 Å². The Morgan fingerprint density at radius 3 is 2.24 bits per heavy atom. The van der Waals surface area contributed by atoms with Gasteiger partial charge in [-0.1, -0.05) is 0 Å². The molecule has 136 valence electrons. The Morgan fingerprint density at radius 2 is 1.76 bits per heavy atom. The van der Waals surface area contributed by atoms with E-state index in [1.165, 1.54) is 6.07 Å². The first kappa shape index (κ1) is 19.0. The molecule has 0 spiro atoms. The van der Waals surface area contributed by atoms with Crippen LogP contribution in [0.3, 0.4) is 0 Å². The third-order valence-electron chi connectivity index (χ3n) is 4.08. The molecule has 1 aromatic carbocycles. The minimum atomic E-state index is -0.882. The summed E-state index contributed by atoms with van der Waals surface area (Å²) in [7, 11) is 0. The molecule has 1 heterocycles. The first-order chi connectivity index (χ1) is 11.5. The van der Waals surface area contributed by atoms with Gasteiger partial charge in [0.15, 0.2) is 0 Å². The fraction of sp³-hybridized carbons (Fsp3) is 0.556. The van der Waals surface area contributed by atoms with Crippen LogP contribution in [0, 0.1) is 23.0 Å². The molecule has 7 heteroatoms. The van der Waals surface area contributed by atoms with E-state index >= 15 is 0 Å². The minimum Gasteiger partial charge on any atom is -0.444 e. The summed E-state index contributed by atoms with van der Waals surface area (Å²) in [6.07, 6.45) is -0.399. The third kappa shape index (κ3) is 4.19. The van der Waals surface area contributed by atoms with E-state index in [0.717, 1.165) is 12.1 Å². The van der Waals surface area contributed by atoms with E-state index in [9.17, 15) is 13.6 Å². The van der Waals surface area contributed by atoms with Gasteiger partial charge >= 0.3 is 6.09 Å². The number of hydrogen-bond acceptors (Lipinski definition) is 4. The highest BCUT2D eigenvalue weighted by Crippen LogP contribution is 2.27. The third-order valence-corrected chi connectivity index (χ3v) is 4.08. The lowest BCUT2D eigenvalue weighted by molar-refractivity contribution is 0.0130. The Kier molecular flexibility index (Phi) is 5.21. The number of halogens is 2. The molecule has 0 unspecified atom stereocenters. The van der Waals surface area contributed by atoms with Crippen LogP contribution in [0.25, 0.3) is 0 Å². The number of nitriles is 1. The van der Waals surface area contributed by atoms with Crippen molar-refractivity contribution < 1.29 is 18.3 Å². The number of benzene rings is 1. The predicted molar refractivity (Wildman–Crippen MR) is 90.3 cm³/mol. The molecular formula is C18H23F2N3O2. The van der Waals surface area contributed by atoms with Crippen molar-refractivity contribution in [2.45, 2.75) is 52.3 Å². The zero-order valence-corrected chi connectivity index (χ0v) is 15.1. The van der Waals surface area contributed by atoms with E-state index in [-0.39, 0.29) is 12.1 Å². The van der Waals surface area contributed by atoms with Crippen molar-refractivity contribution >= 4 is 11.8 Å². The van der Waals surface area contributed by atoms with Crippen molar-refractivity contribution in [2.24, 2.45) is 0 Å². The summed E-state index contributed by atoms with van der Waals surface area (Å²) in [5, 5.41) is 8.78. The van der Waals surface area contributed by atoms with E-state index in [4.69, 9.17) is 10.00 Å². The maximum atomic E-state index is 13.9. The molecule has 25 heavy (non-hydrogen) atoms. The molecule has 1 aromatic rings. The summed E-state index contributed by atoms with van der Waals surface area (Å²) in [5.74, 6) is -1.76. The highest BCUT2D eigenvalue weighted by molar-refractivity contribution is 5.69. The molecule has 0 aromatic heterocycles. The number of rotatable bonds is 1. The zero-order chi connectivity index (χ0) is 18.9. The maximum Gasteiger partial charge on any atom is 0.410 e. The van der Waals surface area contributed by atoms with Crippen molar-refractivity contribution in [2.75, 3.05) is 18.0 Å². The largest absolute Gasteiger partial charge is 0.444 e. The zero-order valence-electron chi connectivity index (χ0n) is 15.1. The maximum absolute atomic E-state index is 13.9. The normalized spacial score (nSPS) is 21.0. The summed E-state index contributed by atoms with van der Waals surface area (Å²) in [6, 6.07) is 3.50. The van der Waals surface area contributed by atoms with Crippen molar-refractivity contribution in [1.29, 1.82) is 5.26 Å². The number of carbonyl (C=O) groups excluding carboxylic acids is 1. The number of carbonyl (C=O) groups is 1. The van der Waals surface area contributed by atoms with Crippen LogP contribution in [0.2, 0.25) is 0 Å². The molecule has 5 nitrogen and oxygen atoms in total. The lowest BCUT2D eigenvalue weighted by Gasteiger charge is -2.45. The van der Waals surface area contributed by atoms with Crippen molar-refractivity contribution in [3.05, 3.63) is 29.3 Å². The number of nitrogens with zero attached hydrogens (tertiary/aromatic N) is 3. The smallest absolute Gasteiger partial charge is 0.410 e. The fourth-order valence-corrected chi connectivity index (χ4v) is 2.89. The van der Waals surface area contributed by atoms with Gasteiger partial charge < -0.3 is 14.5 Å². The summed E-state index contributed by atoms with van der Waals surface area (Å²) in [4.78, 5) is 15.8. The van der Waals surface area contributed by atoms with Gasteiger partial charge in [0.2, 0.25) is 0 Å².